The van der Waals surface area contributed by atoms with Crippen molar-refractivity contribution in [2.45, 2.75) is 42.0 Å². The second-order valence-corrected chi connectivity index (χ2v) is 9.55. The van der Waals surface area contributed by atoms with Gasteiger partial charge in [-0.05, 0) is 49.2 Å². The highest BCUT2D eigenvalue weighted by Crippen LogP contribution is 2.42. The van der Waals surface area contributed by atoms with Crippen LogP contribution < -0.4 is 4.90 Å². The molecule has 0 saturated carbocycles. The van der Waals surface area contributed by atoms with E-state index in [4.69, 9.17) is 0 Å². The summed E-state index contributed by atoms with van der Waals surface area (Å²) >= 11 is 1.50. The molecule has 4 nitrogen and oxygen atoms in total. The SMILES string of the molecule is O=C(c1ccc2c(c1)N(Cc1ccccc1F)C(=O)c1ccccc1S2)N1CCCCCC1. The third kappa shape index (κ3) is 4.40. The minimum Gasteiger partial charge on any atom is -0.339 e. The monoisotopic (exact) mass is 460 g/mol. The molecule has 5 rings (SSSR count). The zero-order valence-electron chi connectivity index (χ0n) is 18.3. The number of nitrogens with zero attached hydrogens (tertiary/aromatic N) is 2. The van der Waals surface area contributed by atoms with Crippen LogP contribution in [0.1, 0.15) is 52.0 Å². The number of hydrogen-bond acceptors (Lipinski definition) is 3. The summed E-state index contributed by atoms with van der Waals surface area (Å²) in [7, 11) is 0. The molecule has 0 N–H and O–H groups in total. The van der Waals surface area contributed by atoms with Crippen molar-refractivity contribution < 1.29 is 14.0 Å². The van der Waals surface area contributed by atoms with Gasteiger partial charge in [-0.15, -0.1) is 0 Å². The molecule has 2 heterocycles. The van der Waals surface area contributed by atoms with E-state index in [1.54, 1.807) is 35.2 Å². The van der Waals surface area contributed by atoms with Gasteiger partial charge in [-0.3, -0.25) is 9.59 Å². The predicted octanol–water partition coefficient (Wildman–Crippen LogP) is 6.15. The van der Waals surface area contributed by atoms with Gasteiger partial charge in [0.15, 0.2) is 0 Å². The topological polar surface area (TPSA) is 40.6 Å². The average Bonchev–Trinajstić information content (AvgIpc) is 3.18. The molecular weight excluding hydrogens is 435 g/mol. The number of benzene rings is 3. The van der Waals surface area contributed by atoms with E-state index in [0.29, 0.717) is 22.4 Å². The van der Waals surface area contributed by atoms with E-state index < -0.39 is 0 Å². The van der Waals surface area contributed by atoms with E-state index >= 15 is 0 Å². The molecule has 3 aromatic rings. The second-order valence-electron chi connectivity index (χ2n) is 8.47. The first-order valence-electron chi connectivity index (χ1n) is 11.4. The van der Waals surface area contributed by atoms with Crippen molar-refractivity contribution in [1.29, 1.82) is 0 Å². The average molecular weight is 461 g/mol. The molecule has 1 saturated heterocycles. The van der Waals surface area contributed by atoms with Crippen molar-refractivity contribution >= 4 is 29.3 Å². The molecule has 2 aliphatic heterocycles. The molecular formula is C27H25FN2O2S. The predicted molar refractivity (Wildman–Crippen MR) is 128 cm³/mol. The minimum absolute atomic E-state index is 0.00949. The zero-order valence-corrected chi connectivity index (χ0v) is 19.1. The first-order valence-corrected chi connectivity index (χ1v) is 12.2. The lowest BCUT2D eigenvalue weighted by atomic mass is 10.1. The molecule has 0 unspecified atom stereocenters. The molecule has 1 fully saturated rings. The van der Waals surface area contributed by atoms with Gasteiger partial charge in [0.25, 0.3) is 11.8 Å². The van der Waals surface area contributed by atoms with E-state index in [0.717, 1.165) is 48.6 Å². The highest BCUT2D eigenvalue weighted by atomic mass is 32.2. The second kappa shape index (κ2) is 9.40. The largest absolute Gasteiger partial charge is 0.339 e. The lowest BCUT2D eigenvalue weighted by molar-refractivity contribution is 0.0761. The number of rotatable bonds is 3. The number of anilines is 1. The number of fused-ring (bicyclic) bond motifs is 2. The summed E-state index contributed by atoms with van der Waals surface area (Å²) < 4.78 is 14.5. The molecule has 33 heavy (non-hydrogen) atoms. The van der Waals surface area contributed by atoms with Crippen LogP contribution in [0.4, 0.5) is 10.1 Å². The fourth-order valence-electron chi connectivity index (χ4n) is 4.46. The summed E-state index contributed by atoms with van der Waals surface area (Å²) in [5, 5.41) is 0. The van der Waals surface area contributed by atoms with Crippen molar-refractivity contribution in [1.82, 2.24) is 4.90 Å². The molecule has 0 aliphatic carbocycles. The maximum absolute atomic E-state index is 14.5. The Morgan fingerprint density at radius 1 is 0.879 bits per heavy atom. The summed E-state index contributed by atoms with van der Waals surface area (Å²) in [4.78, 5) is 32.2. The Morgan fingerprint density at radius 3 is 2.39 bits per heavy atom. The van der Waals surface area contributed by atoms with Gasteiger partial charge in [0.05, 0.1) is 17.8 Å². The fourth-order valence-corrected chi connectivity index (χ4v) is 5.52. The van der Waals surface area contributed by atoms with Crippen LogP contribution in [-0.2, 0) is 6.54 Å². The van der Waals surface area contributed by atoms with E-state index in [1.807, 2.05) is 35.2 Å². The molecule has 6 heteroatoms. The summed E-state index contributed by atoms with van der Waals surface area (Å²) in [5.74, 6) is -0.557. The number of amides is 2. The highest BCUT2D eigenvalue weighted by Gasteiger charge is 2.29. The van der Waals surface area contributed by atoms with Crippen LogP contribution in [0.3, 0.4) is 0 Å². The Bertz CT molecular complexity index is 1200. The molecule has 2 amide bonds. The Labute approximate surface area is 197 Å². The van der Waals surface area contributed by atoms with Crippen molar-refractivity contribution in [2.75, 3.05) is 18.0 Å². The summed E-state index contributed by atoms with van der Waals surface area (Å²) in [6.45, 7) is 1.61. The smallest absolute Gasteiger partial charge is 0.259 e. The summed E-state index contributed by atoms with van der Waals surface area (Å²) in [6.07, 6.45) is 4.32. The normalized spacial score (nSPS) is 16.0. The third-order valence-electron chi connectivity index (χ3n) is 6.26. The van der Waals surface area contributed by atoms with Crippen molar-refractivity contribution in [2.24, 2.45) is 0 Å². The van der Waals surface area contributed by atoms with Gasteiger partial charge < -0.3 is 9.80 Å². The Morgan fingerprint density at radius 2 is 1.61 bits per heavy atom. The third-order valence-corrected chi connectivity index (χ3v) is 7.40. The van der Waals surface area contributed by atoms with Crippen molar-refractivity contribution in [3.8, 4) is 0 Å². The Hall–Kier alpha value is -3.12. The molecule has 2 aliphatic rings. The molecule has 0 radical (unpaired) electrons. The number of likely N-dealkylation sites (tertiary alicyclic amines) is 1. The quantitative estimate of drug-likeness (QED) is 0.470. The molecule has 168 valence electrons. The number of carbonyl (C=O) groups excluding carboxylic acids is 2. The van der Waals surface area contributed by atoms with E-state index in [1.165, 1.54) is 17.8 Å². The molecule has 0 atom stereocenters. The Kier molecular flexibility index (Phi) is 6.18. The summed E-state index contributed by atoms with van der Waals surface area (Å²) in [6, 6.07) is 19.5. The number of carbonyl (C=O) groups is 2. The van der Waals surface area contributed by atoms with Crippen molar-refractivity contribution in [3.05, 3.63) is 89.2 Å². The van der Waals surface area contributed by atoms with E-state index in [9.17, 15) is 14.0 Å². The standard InChI is InChI=1S/C27H25FN2O2S/c28-22-11-5-3-9-20(22)18-30-23-17-19(26(31)29-15-7-1-2-8-16-29)13-14-25(23)33-24-12-6-4-10-21(24)27(30)32/h3-6,9-14,17H,1-2,7-8,15-16,18H2. The maximum atomic E-state index is 14.5. The first kappa shape index (κ1) is 21.7. The van der Waals surface area contributed by atoms with Crippen LogP contribution in [-0.4, -0.2) is 29.8 Å². The van der Waals surface area contributed by atoms with Crippen LogP contribution in [0, 0.1) is 5.82 Å². The van der Waals surface area contributed by atoms with E-state index in [2.05, 4.69) is 0 Å². The van der Waals surface area contributed by atoms with Gasteiger partial charge in [-0.25, -0.2) is 4.39 Å². The van der Waals surface area contributed by atoms with Crippen LogP contribution >= 0.6 is 11.8 Å². The van der Waals surface area contributed by atoms with Crippen LogP contribution in [0.5, 0.6) is 0 Å². The Balaban J connectivity index is 1.57. The maximum Gasteiger partial charge on any atom is 0.259 e. The zero-order chi connectivity index (χ0) is 22.8. The van der Waals surface area contributed by atoms with Crippen LogP contribution in [0.2, 0.25) is 0 Å². The van der Waals surface area contributed by atoms with Gasteiger partial charge in [0.1, 0.15) is 5.82 Å². The van der Waals surface area contributed by atoms with Crippen LogP contribution in [0.25, 0.3) is 0 Å². The number of hydrogen-bond donors (Lipinski definition) is 0. The van der Waals surface area contributed by atoms with E-state index in [-0.39, 0.29) is 24.2 Å². The molecule has 3 aromatic carbocycles. The van der Waals surface area contributed by atoms with Gasteiger partial charge in [0, 0.05) is 34.0 Å². The van der Waals surface area contributed by atoms with Crippen LogP contribution in [0.15, 0.2) is 76.5 Å². The highest BCUT2D eigenvalue weighted by molar-refractivity contribution is 7.99. The molecule has 0 aromatic heterocycles. The lowest BCUT2D eigenvalue weighted by Crippen LogP contribution is -2.33. The lowest BCUT2D eigenvalue weighted by Gasteiger charge is -2.25. The molecule has 0 bridgehead atoms. The van der Waals surface area contributed by atoms with Gasteiger partial charge in [-0.1, -0.05) is 54.9 Å². The molecule has 0 spiro atoms. The van der Waals surface area contributed by atoms with Gasteiger partial charge in [-0.2, -0.15) is 0 Å². The minimum atomic E-state index is -0.353. The van der Waals surface area contributed by atoms with Gasteiger partial charge >= 0.3 is 0 Å². The first-order chi connectivity index (χ1) is 16.1. The number of halogens is 1. The van der Waals surface area contributed by atoms with Gasteiger partial charge in [0.2, 0.25) is 0 Å². The van der Waals surface area contributed by atoms with Crippen molar-refractivity contribution in [3.63, 3.8) is 0 Å². The summed E-state index contributed by atoms with van der Waals surface area (Å²) in [5.41, 5.74) is 2.22. The fraction of sp³-hybridized carbons (Fsp3) is 0.259.